The topological polar surface area (TPSA) is 105 Å². The molecule has 3 heterocycles. The largest absolute Gasteiger partial charge is 0.373 e. The summed E-state index contributed by atoms with van der Waals surface area (Å²) in [6.45, 7) is 0. The average molecular weight is 474 g/mol. The molecule has 2 saturated carbocycles. The molecule has 2 aliphatic rings. The van der Waals surface area contributed by atoms with E-state index >= 15 is 0 Å². The summed E-state index contributed by atoms with van der Waals surface area (Å²) in [7, 11) is 3.19. The number of fused-ring (bicyclic) bond motifs is 1. The number of anilines is 3. The van der Waals surface area contributed by atoms with E-state index in [1.165, 1.54) is 60.6 Å². The van der Waals surface area contributed by atoms with Gasteiger partial charge in [0.05, 0.1) is 6.20 Å². The van der Waals surface area contributed by atoms with Crippen LogP contribution in [0.4, 0.5) is 26.1 Å². The van der Waals surface area contributed by atoms with E-state index in [-0.39, 0.29) is 30.0 Å². The zero-order valence-corrected chi connectivity index (χ0v) is 19.3. The van der Waals surface area contributed by atoms with Gasteiger partial charge in [-0.15, -0.1) is 0 Å². The van der Waals surface area contributed by atoms with Gasteiger partial charge in [-0.25, -0.2) is 13.8 Å². The van der Waals surface area contributed by atoms with Crippen molar-refractivity contribution < 1.29 is 13.6 Å². The summed E-state index contributed by atoms with van der Waals surface area (Å²) in [6, 6.07) is 4.27. The van der Waals surface area contributed by atoms with Gasteiger partial charge in [0.2, 0.25) is 0 Å². The molecule has 0 bridgehead atoms. The van der Waals surface area contributed by atoms with Crippen LogP contribution in [0.25, 0.3) is 5.65 Å². The highest BCUT2D eigenvalue weighted by Gasteiger charge is 2.46. The van der Waals surface area contributed by atoms with Crippen LogP contribution in [0.5, 0.6) is 0 Å². The Kier molecular flexibility index (Phi) is 6.80. The molecule has 182 valence electrons. The average Bonchev–Trinajstić information content (AvgIpc) is 3.51. The Labute approximate surface area is 195 Å². The maximum Gasteiger partial charge on any atom is 0.274 e. The fourth-order valence-electron chi connectivity index (χ4n) is 4.24. The van der Waals surface area contributed by atoms with Gasteiger partial charge in [0, 0.05) is 45.2 Å². The molecule has 2 aliphatic carbocycles. The van der Waals surface area contributed by atoms with Crippen LogP contribution < -0.4 is 21.5 Å². The Morgan fingerprint density at radius 1 is 1.15 bits per heavy atom. The molecule has 0 atom stereocenters. The molecule has 0 unspecified atom stereocenters. The Balaban J connectivity index is 0.000000486. The van der Waals surface area contributed by atoms with E-state index in [2.05, 4.69) is 26.0 Å². The fraction of sp³-hybridized carbons (Fsp3) is 0.478. The predicted molar refractivity (Wildman–Crippen MR) is 126 cm³/mol. The molecule has 0 aromatic carbocycles. The molecule has 3 N–H and O–H groups in total. The number of carbonyl (C=O) groups excluding carboxylic acids is 1. The summed E-state index contributed by atoms with van der Waals surface area (Å²) in [5.41, 5.74) is 0.353. The van der Waals surface area contributed by atoms with E-state index in [1.807, 2.05) is 0 Å². The van der Waals surface area contributed by atoms with Crippen molar-refractivity contribution in [1.82, 2.24) is 24.5 Å². The van der Waals surface area contributed by atoms with Crippen LogP contribution in [0.3, 0.4) is 0 Å². The van der Waals surface area contributed by atoms with Crippen LogP contribution in [-0.2, 0) is 0 Å². The number of hydrogen-bond donors (Lipinski definition) is 3. The monoisotopic (exact) mass is 473 g/mol. The summed E-state index contributed by atoms with van der Waals surface area (Å²) in [6.07, 6.45) is 9.70. The smallest absolute Gasteiger partial charge is 0.274 e. The molecular formula is C23H29F2N7O2. The van der Waals surface area contributed by atoms with Gasteiger partial charge >= 0.3 is 0 Å². The van der Waals surface area contributed by atoms with Crippen LogP contribution in [0.1, 0.15) is 61.3 Å². The number of rotatable bonds is 5. The molecule has 1 amide bonds. The van der Waals surface area contributed by atoms with Crippen LogP contribution in [0, 0.1) is 0 Å². The van der Waals surface area contributed by atoms with Crippen molar-refractivity contribution in [2.75, 3.05) is 24.7 Å². The normalized spacial score (nSPS) is 16.9. The molecule has 11 heteroatoms. The SMILES string of the molecule is C1CCCC1.CNC(=O)c1cnn2c(NC)cc(Nc3cccn(C4CC(F)(F)C4)c3=O)nc12. The molecule has 34 heavy (non-hydrogen) atoms. The first-order valence-corrected chi connectivity index (χ1v) is 11.5. The second-order valence-electron chi connectivity index (χ2n) is 8.59. The van der Waals surface area contributed by atoms with Crippen molar-refractivity contribution in [3.05, 3.63) is 46.5 Å². The van der Waals surface area contributed by atoms with Gasteiger partial charge in [-0.2, -0.15) is 9.61 Å². The minimum atomic E-state index is -2.72. The molecule has 0 spiro atoms. The molecule has 2 fully saturated rings. The lowest BCUT2D eigenvalue weighted by atomic mass is 9.88. The summed E-state index contributed by atoms with van der Waals surface area (Å²) in [4.78, 5) is 29.2. The van der Waals surface area contributed by atoms with Crippen molar-refractivity contribution in [2.45, 2.75) is 56.9 Å². The molecule has 0 aliphatic heterocycles. The molecule has 3 aromatic heterocycles. The first-order chi connectivity index (χ1) is 16.3. The van der Waals surface area contributed by atoms with Gasteiger partial charge in [-0.05, 0) is 12.1 Å². The quantitative estimate of drug-likeness (QED) is 0.518. The summed E-state index contributed by atoms with van der Waals surface area (Å²) in [5.74, 6) is -2.22. The third kappa shape index (κ3) is 4.87. The first-order valence-electron chi connectivity index (χ1n) is 11.5. The lowest BCUT2D eigenvalue weighted by Crippen LogP contribution is -2.41. The van der Waals surface area contributed by atoms with Crippen LogP contribution >= 0.6 is 0 Å². The highest BCUT2D eigenvalue weighted by Crippen LogP contribution is 2.44. The zero-order valence-electron chi connectivity index (χ0n) is 19.3. The van der Waals surface area contributed by atoms with E-state index in [0.29, 0.717) is 17.3 Å². The van der Waals surface area contributed by atoms with Gasteiger partial charge in [0.25, 0.3) is 17.4 Å². The minimum absolute atomic E-state index is 0.197. The molecule has 0 saturated heterocycles. The molecule has 9 nitrogen and oxygen atoms in total. The third-order valence-corrected chi connectivity index (χ3v) is 6.15. The fourth-order valence-corrected chi connectivity index (χ4v) is 4.24. The number of nitrogens with one attached hydrogen (secondary N) is 3. The number of nitrogens with zero attached hydrogens (tertiary/aromatic N) is 4. The molecular weight excluding hydrogens is 444 g/mol. The minimum Gasteiger partial charge on any atom is -0.373 e. The number of aromatic nitrogens is 4. The van der Waals surface area contributed by atoms with Crippen molar-refractivity contribution in [1.29, 1.82) is 0 Å². The first kappa shape index (κ1) is 23.7. The van der Waals surface area contributed by atoms with Gasteiger partial charge in [0.15, 0.2) is 5.65 Å². The van der Waals surface area contributed by atoms with Crippen LogP contribution in [0.15, 0.2) is 35.4 Å². The molecule has 5 rings (SSSR count). The molecule has 3 aromatic rings. The summed E-state index contributed by atoms with van der Waals surface area (Å²) < 4.78 is 29.2. The molecule has 0 radical (unpaired) electrons. The maximum absolute atomic E-state index is 13.2. The van der Waals surface area contributed by atoms with Crippen LogP contribution in [0.2, 0.25) is 0 Å². The number of amides is 1. The van der Waals surface area contributed by atoms with Crippen molar-refractivity contribution in [2.24, 2.45) is 0 Å². The number of carbonyl (C=O) groups is 1. The van der Waals surface area contributed by atoms with Gasteiger partial charge in [-0.3, -0.25) is 9.59 Å². The summed E-state index contributed by atoms with van der Waals surface area (Å²) >= 11 is 0. The van der Waals surface area contributed by atoms with E-state index in [1.54, 1.807) is 25.2 Å². The van der Waals surface area contributed by atoms with Gasteiger partial charge in [0.1, 0.15) is 22.9 Å². The Morgan fingerprint density at radius 2 is 1.82 bits per heavy atom. The van der Waals surface area contributed by atoms with E-state index in [4.69, 9.17) is 0 Å². The van der Waals surface area contributed by atoms with E-state index in [9.17, 15) is 18.4 Å². The predicted octanol–water partition coefficient (Wildman–Crippen LogP) is 3.96. The third-order valence-electron chi connectivity index (χ3n) is 6.15. The Morgan fingerprint density at radius 3 is 2.41 bits per heavy atom. The van der Waals surface area contributed by atoms with Gasteiger partial charge < -0.3 is 20.5 Å². The highest BCUT2D eigenvalue weighted by atomic mass is 19.3. The number of pyridine rings is 1. The Bertz CT molecular complexity index is 1220. The standard InChI is InChI=1S/C18H19F2N7O2.C5H10/c1-21-14-6-13(25-15-11(16(28)22-2)9-23-27(14)15)24-12-4-3-5-26(17(12)29)10-7-18(19,20)8-10;1-2-4-5-3-1/h3-6,9-10,21H,7-8H2,1-2H3,(H,22,28)(H,24,25);1-5H2. The Hall–Kier alpha value is -3.50. The zero-order chi connectivity index (χ0) is 24.3. The van der Waals surface area contributed by atoms with E-state index in [0.717, 1.165) is 0 Å². The second kappa shape index (κ2) is 9.78. The number of halogens is 2. The van der Waals surface area contributed by atoms with Crippen LogP contribution in [-0.4, -0.2) is 45.1 Å². The summed E-state index contributed by atoms with van der Waals surface area (Å²) in [5, 5.41) is 12.6. The van der Waals surface area contributed by atoms with Crippen molar-refractivity contribution in [3.8, 4) is 0 Å². The van der Waals surface area contributed by atoms with Crippen molar-refractivity contribution in [3.63, 3.8) is 0 Å². The van der Waals surface area contributed by atoms with E-state index < -0.39 is 17.5 Å². The second-order valence-corrected chi connectivity index (χ2v) is 8.59. The maximum atomic E-state index is 13.2. The van der Waals surface area contributed by atoms with Crippen molar-refractivity contribution >= 4 is 28.9 Å². The lowest BCUT2D eigenvalue weighted by Gasteiger charge is -2.36. The lowest BCUT2D eigenvalue weighted by molar-refractivity contribution is -0.104. The number of hydrogen-bond acceptors (Lipinski definition) is 6. The number of alkyl halides is 2. The van der Waals surface area contributed by atoms with Gasteiger partial charge in [-0.1, -0.05) is 32.1 Å². The highest BCUT2D eigenvalue weighted by molar-refractivity contribution is 5.99.